The summed E-state index contributed by atoms with van der Waals surface area (Å²) >= 11 is 0. The normalized spacial score (nSPS) is 19.3. The third kappa shape index (κ3) is 3.64. The van der Waals surface area contributed by atoms with Crippen LogP contribution in [0.1, 0.15) is 12.8 Å². The second-order valence-electron chi connectivity index (χ2n) is 5.20. The number of piperidine rings is 1. The second kappa shape index (κ2) is 5.90. The number of nitrogens with zero attached hydrogens (tertiary/aromatic N) is 1. The van der Waals surface area contributed by atoms with Crippen LogP contribution in [0.15, 0.2) is 23.1 Å². The van der Waals surface area contributed by atoms with E-state index in [1.54, 1.807) is 13.1 Å². The molecule has 0 saturated carbocycles. The number of anilines is 2. The van der Waals surface area contributed by atoms with Gasteiger partial charge in [0.15, 0.2) is 0 Å². The number of primary sulfonamides is 1. The van der Waals surface area contributed by atoms with Crippen molar-refractivity contribution in [3.63, 3.8) is 0 Å². The van der Waals surface area contributed by atoms with Crippen LogP contribution in [0.3, 0.4) is 0 Å². The molecule has 0 radical (unpaired) electrons. The number of sulfonamides is 1. The monoisotopic (exact) mass is 312 g/mol. The van der Waals surface area contributed by atoms with Gasteiger partial charge in [-0.1, -0.05) is 0 Å². The first kappa shape index (κ1) is 15.6. The van der Waals surface area contributed by atoms with Gasteiger partial charge in [0.05, 0.1) is 10.8 Å². The minimum absolute atomic E-state index is 0.00438. The number of carbonyl (C=O) groups is 1. The highest BCUT2D eigenvalue weighted by Crippen LogP contribution is 2.27. The molecule has 0 spiro atoms. The molecule has 7 nitrogen and oxygen atoms in total. The Morgan fingerprint density at radius 3 is 2.71 bits per heavy atom. The van der Waals surface area contributed by atoms with Crippen LogP contribution in [0.5, 0.6) is 0 Å². The maximum absolute atomic E-state index is 11.8. The van der Waals surface area contributed by atoms with Gasteiger partial charge < -0.3 is 16.0 Å². The van der Waals surface area contributed by atoms with Crippen LogP contribution < -0.4 is 21.1 Å². The van der Waals surface area contributed by atoms with E-state index in [-0.39, 0.29) is 16.7 Å². The van der Waals surface area contributed by atoms with Crippen LogP contribution in [0.4, 0.5) is 11.4 Å². The number of hydrogen-bond donors (Lipinski definition) is 3. The summed E-state index contributed by atoms with van der Waals surface area (Å²) in [5.41, 5.74) is 6.76. The third-order valence-electron chi connectivity index (χ3n) is 3.65. The van der Waals surface area contributed by atoms with E-state index in [4.69, 9.17) is 10.9 Å². The Morgan fingerprint density at radius 1 is 1.38 bits per heavy atom. The molecule has 1 fully saturated rings. The number of amides is 1. The second-order valence-corrected chi connectivity index (χ2v) is 6.77. The zero-order chi connectivity index (χ0) is 15.6. The van der Waals surface area contributed by atoms with Gasteiger partial charge >= 0.3 is 0 Å². The highest BCUT2D eigenvalue weighted by Gasteiger charge is 2.26. The highest BCUT2D eigenvalue weighted by atomic mass is 32.2. The molecule has 1 saturated heterocycles. The van der Waals surface area contributed by atoms with Gasteiger partial charge in [0.1, 0.15) is 0 Å². The predicted octanol–water partition coefficient (Wildman–Crippen LogP) is -0.121. The first-order valence-corrected chi connectivity index (χ1v) is 8.26. The van der Waals surface area contributed by atoms with Crippen molar-refractivity contribution in [2.45, 2.75) is 17.7 Å². The van der Waals surface area contributed by atoms with Crippen molar-refractivity contribution in [3.05, 3.63) is 18.2 Å². The number of carbonyl (C=O) groups excluding carboxylic acids is 1. The van der Waals surface area contributed by atoms with Crippen LogP contribution >= 0.6 is 0 Å². The number of nitrogen functional groups attached to an aromatic ring is 1. The van der Waals surface area contributed by atoms with Crippen molar-refractivity contribution in [2.24, 2.45) is 11.1 Å². The van der Waals surface area contributed by atoms with Crippen molar-refractivity contribution in [1.82, 2.24) is 5.32 Å². The lowest BCUT2D eigenvalue weighted by Crippen LogP contribution is -2.42. The van der Waals surface area contributed by atoms with Crippen molar-refractivity contribution in [3.8, 4) is 0 Å². The summed E-state index contributed by atoms with van der Waals surface area (Å²) in [6.45, 7) is 1.29. The molecule has 1 heterocycles. The molecule has 0 aromatic heterocycles. The smallest absolute Gasteiger partial charge is 0.238 e. The number of nitrogens with one attached hydrogen (secondary N) is 1. The van der Waals surface area contributed by atoms with E-state index >= 15 is 0 Å². The first-order chi connectivity index (χ1) is 9.81. The maximum Gasteiger partial charge on any atom is 0.238 e. The fourth-order valence-corrected chi connectivity index (χ4v) is 3.17. The average molecular weight is 312 g/mol. The molecule has 2 rings (SSSR count). The summed E-state index contributed by atoms with van der Waals surface area (Å²) in [5.74, 6) is -0.113. The molecule has 1 aliphatic rings. The van der Waals surface area contributed by atoms with Gasteiger partial charge in [-0.2, -0.15) is 0 Å². The Bertz CT molecular complexity index is 645. The van der Waals surface area contributed by atoms with Gasteiger partial charge in [0.2, 0.25) is 15.9 Å². The summed E-state index contributed by atoms with van der Waals surface area (Å²) in [6.07, 6.45) is 1.68. The SMILES string of the molecule is CNC(=O)C1CCCN(c2cc(N)cc(S(N)(=O)=O)c2)C1. The maximum atomic E-state index is 11.8. The van der Waals surface area contributed by atoms with E-state index in [1.165, 1.54) is 12.1 Å². The third-order valence-corrected chi connectivity index (χ3v) is 4.54. The van der Waals surface area contributed by atoms with E-state index < -0.39 is 10.0 Å². The molecular formula is C13H20N4O3S. The Labute approximate surface area is 124 Å². The summed E-state index contributed by atoms with van der Waals surface area (Å²) < 4.78 is 23.0. The molecule has 8 heteroatoms. The zero-order valence-electron chi connectivity index (χ0n) is 11.9. The minimum atomic E-state index is -3.81. The number of benzene rings is 1. The summed E-state index contributed by atoms with van der Waals surface area (Å²) in [6, 6.07) is 4.53. The lowest BCUT2D eigenvalue weighted by Gasteiger charge is -2.33. The largest absolute Gasteiger partial charge is 0.399 e. The van der Waals surface area contributed by atoms with Crippen molar-refractivity contribution < 1.29 is 13.2 Å². The van der Waals surface area contributed by atoms with Gasteiger partial charge in [-0.25, -0.2) is 13.6 Å². The van der Waals surface area contributed by atoms with Gasteiger partial charge in [0, 0.05) is 31.5 Å². The number of rotatable bonds is 3. The molecule has 116 valence electrons. The molecule has 1 unspecified atom stereocenters. The number of nitrogens with two attached hydrogens (primary N) is 2. The molecular weight excluding hydrogens is 292 g/mol. The standard InChI is InChI=1S/C13H20N4O3S/c1-16-13(18)9-3-2-4-17(8-9)11-5-10(14)6-12(7-11)21(15,19)20/h5-7,9H,2-4,8,14H2,1H3,(H,16,18)(H2,15,19,20). The van der Waals surface area contributed by atoms with E-state index in [2.05, 4.69) is 5.32 Å². The average Bonchev–Trinajstić information content (AvgIpc) is 2.45. The van der Waals surface area contributed by atoms with Crippen LogP contribution in [-0.4, -0.2) is 34.5 Å². The van der Waals surface area contributed by atoms with E-state index in [0.717, 1.165) is 19.4 Å². The van der Waals surface area contributed by atoms with Crippen molar-refractivity contribution >= 4 is 27.3 Å². The van der Waals surface area contributed by atoms with Gasteiger partial charge in [-0.05, 0) is 31.0 Å². The van der Waals surface area contributed by atoms with Gasteiger partial charge in [-0.3, -0.25) is 4.79 Å². The van der Waals surface area contributed by atoms with Crippen LogP contribution in [0.2, 0.25) is 0 Å². The van der Waals surface area contributed by atoms with Gasteiger partial charge in [-0.15, -0.1) is 0 Å². The molecule has 1 aromatic rings. The molecule has 1 aliphatic heterocycles. The molecule has 0 aliphatic carbocycles. The van der Waals surface area contributed by atoms with Gasteiger partial charge in [0.25, 0.3) is 0 Å². The lowest BCUT2D eigenvalue weighted by molar-refractivity contribution is -0.124. The first-order valence-electron chi connectivity index (χ1n) is 6.71. The van der Waals surface area contributed by atoms with Crippen molar-refractivity contribution in [2.75, 3.05) is 30.8 Å². The van der Waals surface area contributed by atoms with E-state index in [1.807, 2.05) is 4.90 Å². The van der Waals surface area contributed by atoms with Crippen LogP contribution in [0.25, 0.3) is 0 Å². The quantitative estimate of drug-likeness (QED) is 0.672. The fourth-order valence-electron chi connectivity index (χ4n) is 2.58. The summed E-state index contributed by atoms with van der Waals surface area (Å²) in [7, 11) is -2.19. The summed E-state index contributed by atoms with van der Waals surface area (Å²) in [4.78, 5) is 13.7. The number of hydrogen-bond acceptors (Lipinski definition) is 5. The molecule has 1 amide bonds. The zero-order valence-corrected chi connectivity index (χ0v) is 12.7. The predicted molar refractivity (Wildman–Crippen MR) is 81.2 cm³/mol. The minimum Gasteiger partial charge on any atom is -0.399 e. The van der Waals surface area contributed by atoms with Crippen LogP contribution in [-0.2, 0) is 14.8 Å². The highest BCUT2D eigenvalue weighted by molar-refractivity contribution is 7.89. The van der Waals surface area contributed by atoms with E-state index in [9.17, 15) is 13.2 Å². The topological polar surface area (TPSA) is 119 Å². The Hall–Kier alpha value is -1.80. The molecule has 21 heavy (non-hydrogen) atoms. The van der Waals surface area contributed by atoms with Crippen LogP contribution in [0, 0.1) is 5.92 Å². The Balaban J connectivity index is 2.29. The molecule has 1 atom stereocenters. The Kier molecular flexibility index (Phi) is 4.38. The molecule has 0 bridgehead atoms. The molecule has 1 aromatic carbocycles. The Morgan fingerprint density at radius 2 is 2.10 bits per heavy atom. The molecule has 5 N–H and O–H groups in total. The van der Waals surface area contributed by atoms with E-state index in [0.29, 0.717) is 17.9 Å². The summed E-state index contributed by atoms with van der Waals surface area (Å²) in [5, 5.41) is 7.80. The lowest BCUT2D eigenvalue weighted by atomic mass is 9.96. The fraction of sp³-hybridized carbons (Fsp3) is 0.462. The van der Waals surface area contributed by atoms with Crippen molar-refractivity contribution in [1.29, 1.82) is 0 Å².